The van der Waals surface area contributed by atoms with Gasteiger partial charge < -0.3 is 16.4 Å². The number of hydrogen-bond donors (Lipinski definition) is 3. The molecule has 3 atom stereocenters. The molecule has 0 spiro atoms. The van der Waals surface area contributed by atoms with Gasteiger partial charge in [-0.2, -0.15) is 4.98 Å². The second-order valence-electron chi connectivity index (χ2n) is 7.43. The Bertz CT molecular complexity index is 657. The standard InChI is InChI=1S/C17H29N5O/c1-10-6-7-12(8-11(10)2)20-15-13(14(18)23)9-19-16(21-15)22-17(3,4)5/h9-12H,6-8H2,1-5H3,(H2,18,23)(H2,19,20,21,22)/i1D3. The minimum Gasteiger partial charge on any atom is -0.366 e. The van der Waals surface area contributed by atoms with E-state index in [0.29, 0.717) is 31.0 Å². The second-order valence-corrected chi connectivity index (χ2v) is 7.43. The van der Waals surface area contributed by atoms with Crippen molar-refractivity contribution >= 4 is 17.7 Å². The maximum absolute atomic E-state index is 11.7. The summed E-state index contributed by atoms with van der Waals surface area (Å²) in [5, 5.41) is 6.46. The lowest BCUT2D eigenvalue weighted by Gasteiger charge is -2.33. The molecule has 1 aliphatic rings. The van der Waals surface area contributed by atoms with Crippen molar-refractivity contribution in [3.05, 3.63) is 11.8 Å². The number of primary amides is 1. The van der Waals surface area contributed by atoms with Crippen molar-refractivity contribution in [2.45, 2.75) is 65.4 Å². The lowest BCUT2D eigenvalue weighted by atomic mass is 9.79. The lowest BCUT2D eigenvalue weighted by molar-refractivity contribution is 0.100. The first-order chi connectivity index (χ1) is 11.9. The second kappa shape index (κ2) is 6.72. The molecule has 1 amide bonds. The summed E-state index contributed by atoms with van der Waals surface area (Å²) in [4.78, 5) is 20.3. The zero-order valence-corrected chi connectivity index (χ0v) is 14.3. The first-order valence-corrected chi connectivity index (χ1v) is 8.08. The van der Waals surface area contributed by atoms with E-state index in [1.807, 2.05) is 27.7 Å². The van der Waals surface area contributed by atoms with Crippen LogP contribution in [0.2, 0.25) is 0 Å². The van der Waals surface area contributed by atoms with Gasteiger partial charge in [0.05, 0.1) is 5.56 Å². The number of rotatable bonds is 4. The third-order valence-electron chi connectivity index (χ3n) is 4.05. The molecule has 0 saturated heterocycles. The van der Waals surface area contributed by atoms with Gasteiger partial charge in [0.2, 0.25) is 5.95 Å². The van der Waals surface area contributed by atoms with E-state index in [1.165, 1.54) is 6.20 Å². The van der Waals surface area contributed by atoms with Gasteiger partial charge in [0.15, 0.2) is 0 Å². The Labute approximate surface area is 142 Å². The predicted octanol–water partition coefficient (Wildman–Crippen LogP) is 3.02. The summed E-state index contributed by atoms with van der Waals surface area (Å²) in [6.07, 6.45) is 3.44. The average molecular weight is 322 g/mol. The van der Waals surface area contributed by atoms with Gasteiger partial charge in [0.25, 0.3) is 5.91 Å². The highest BCUT2D eigenvalue weighted by Crippen LogP contribution is 2.31. The van der Waals surface area contributed by atoms with E-state index in [9.17, 15) is 4.79 Å². The number of carbonyl (C=O) groups is 1. The molecule has 2 rings (SSSR count). The van der Waals surface area contributed by atoms with Gasteiger partial charge in [-0.05, 0) is 51.9 Å². The number of nitrogens with one attached hydrogen (secondary N) is 2. The van der Waals surface area contributed by atoms with E-state index in [1.54, 1.807) is 0 Å². The molecule has 23 heavy (non-hydrogen) atoms. The van der Waals surface area contributed by atoms with Gasteiger partial charge >= 0.3 is 0 Å². The van der Waals surface area contributed by atoms with Crippen LogP contribution in [0, 0.1) is 11.8 Å². The highest BCUT2D eigenvalue weighted by molar-refractivity contribution is 5.97. The third-order valence-corrected chi connectivity index (χ3v) is 4.05. The summed E-state index contributed by atoms with van der Waals surface area (Å²) in [6.45, 7) is 6.00. The molecular weight excluding hydrogens is 290 g/mol. The van der Waals surface area contributed by atoms with Crippen LogP contribution in [0.4, 0.5) is 11.8 Å². The van der Waals surface area contributed by atoms with Gasteiger partial charge in [-0.1, -0.05) is 13.8 Å². The molecular formula is C17H29N5O. The number of nitrogens with zero attached hydrogens (tertiary/aromatic N) is 2. The largest absolute Gasteiger partial charge is 0.366 e. The van der Waals surface area contributed by atoms with E-state index in [2.05, 4.69) is 20.6 Å². The van der Waals surface area contributed by atoms with Crippen molar-refractivity contribution in [2.75, 3.05) is 10.6 Å². The maximum Gasteiger partial charge on any atom is 0.254 e. The number of amides is 1. The van der Waals surface area contributed by atoms with Crippen molar-refractivity contribution < 1.29 is 8.91 Å². The third kappa shape index (κ3) is 4.81. The smallest absolute Gasteiger partial charge is 0.254 e. The van der Waals surface area contributed by atoms with E-state index >= 15 is 0 Å². The fraction of sp³-hybridized carbons (Fsp3) is 0.706. The normalized spacial score (nSPS) is 27.5. The monoisotopic (exact) mass is 322 g/mol. The van der Waals surface area contributed by atoms with Crippen LogP contribution in [0.3, 0.4) is 0 Å². The van der Waals surface area contributed by atoms with Crippen molar-refractivity contribution in [3.8, 4) is 0 Å². The average Bonchev–Trinajstić information content (AvgIpc) is 2.44. The molecule has 0 aromatic carbocycles. The van der Waals surface area contributed by atoms with Crippen LogP contribution in [0.15, 0.2) is 6.20 Å². The Hall–Kier alpha value is -1.85. The Morgan fingerprint density at radius 1 is 1.39 bits per heavy atom. The Balaban J connectivity index is 2.17. The minimum absolute atomic E-state index is 0.0408. The summed E-state index contributed by atoms with van der Waals surface area (Å²) in [7, 11) is 0. The Kier molecular flexibility index (Phi) is 3.97. The van der Waals surface area contributed by atoms with Crippen LogP contribution in [0.25, 0.3) is 0 Å². The molecule has 1 aliphatic carbocycles. The lowest BCUT2D eigenvalue weighted by Crippen LogP contribution is -2.32. The van der Waals surface area contributed by atoms with Crippen LogP contribution in [-0.4, -0.2) is 27.5 Å². The van der Waals surface area contributed by atoms with Crippen LogP contribution < -0.4 is 16.4 Å². The highest BCUT2D eigenvalue weighted by Gasteiger charge is 2.26. The number of carbonyl (C=O) groups excluding carboxylic acids is 1. The molecule has 1 heterocycles. The quantitative estimate of drug-likeness (QED) is 0.792. The summed E-state index contributed by atoms with van der Waals surface area (Å²) in [6, 6.07) is 0.0408. The van der Waals surface area contributed by atoms with Gasteiger partial charge in [0.1, 0.15) is 5.82 Å². The SMILES string of the molecule is [2H]C([2H])([2H])C1CCC(Nc2nc(NC(C)(C)C)ncc2C(N)=O)CC1C. The van der Waals surface area contributed by atoms with Gasteiger partial charge in [-0.3, -0.25) is 4.79 Å². The summed E-state index contributed by atoms with van der Waals surface area (Å²) in [5.41, 5.74) is 5.46. The van der Waals surface area contributed by atoms with E-state index in [-0.39, 0.29) is 29.0 Å². The molecule has 1 aromatic heterocycles. The molecule has 0 aliphatic heterocycles. The van der Waals surface area contributed by atoms with Crippen molar-refractivity contribution in [3.63, 3.8) is 0 Å². The first kappa shape index (κ1) is 13.6. The predicted molar refractivity (Wildman–Crippen MR) is 93.5 cm³/mol. The van der Waals surface area contributed by atoms with Gasteiger partial charge in [-0.15, -0.1) is 0 Å². The zero-order valence-electron chi connectivity index (χ0n) is 17.3. The molecule has 6 heteroatoms. The highest BCUT2D eigenvalue weighted by atomic mass is 16.1. The van der Waals surface area contributed by atoms with E-state index < -0.39 is 12.8 Å². The van der Waals surface area contributed by atoms with Crippen molar-refractivity contribution in [2.24, 2.45) is 17.6 Å². The first-order valence-electron chi connectivity index (χ1n) is 9.58. The van der Waals surface area contributed by atoms with E-state index in [0.717, 1.165) is 0 Å². The van der Waals surface area contributed by atoms with Crippen molar-refractivity contribution in [1.29, 1.82) is 0 Å². The van der Waals surface area contributed by atoms with Crippen LogP contribution in [-0.2, 0) is 0 Å². The zero-order chi connectivity index (χ0) is 19.7. The number of aromatic nitrogens is 2. The Morgan fingerprint density at radius 3 is 2.70 bits per heavy atom. The molecule has 3 unspecified atom stereocenters. The maximum atomic E-state index is 11.7. The van der Waals surface area contributed by atoms with Crippen molar-refractivity contribution in [1.82, 2.24) is 9.97 Å². The fourth-order valence-electron chi connectivity index (χ4n) is 2.79. The van der Waals surface area contributed by atoms with Crippen LogP contribution in [0.1, 0.15) is 68.3 Å². The summed E-state index contributed by atoms with van der Waals surface area (Å²) >= 11 is 0. The van der Waals surface area contributed by atoms with Crippen LogP contribution in [0.5, 0.6) is 0 Å². The van der Waals surface area contributed by atoms with Crippen LogP contribution >= 0.6 is 0 Å². The molecule has 4 N–H and O–H groups in total. The molecule has 0 radical (unpaired) electrons. The van der Waals surface area contributed by atoms with Gasteiger partial charge in [0, 0.05) is 21.9 Å². The number of hydrogen-bond acceptors (Lipinski definition) is 5. The van der Waals surface area contributed by atoms with Gasteiger partial charge in [-0.25, -0.2) is 4.98 Å². The molecule has 128 valence electrons. The summed E-state index contributed by atoms with van der Waals surface area (Å²) in [5.74, 6) is -0.0310. The molecule has 1 fully saturated rings. The number of anilines is 2. The number of nitrogens with two attached hydrogens (primary N) is 1. The topological polar surface area (TPSA) is 92.9 Å². The molecule has 1 aromatic rings. The molecule has 0 bridgehead atoms. The molecule has 6 nitrogen and oxygen atoms in total. The summed E-state index contributed by atoms with van der Waals surface area (Å²) < 4.78 is 23.0. The van der Waals surface area contributed by atoms with E-state index in [4.69, 9.17) is 9.85 Å². The fourth-order valence-corrected chi connectivity index (χ4v) is 2.79. The Morgan fingerprint density at radius 2 is 2.13 bits per heavy atom. The molecule has 1 saturated carbocycles. The minimum atomic E-state index is -1.93.